The number of rotatable bonds is 8. The van der Waals surface area contributed by atoms with Crippen LogP contribution in [0.2, 0.25) is 0 Å². The quantitative estimate of drug-likeness (QED) is 0.579. The van der Waals surface area contributed by atoms with Crippen LogP contribution in [0.5, 0.6) is 0 Å². The van der Waals surface area contributed by atoms with Gasteiger partial charge in [0.15, 0.2) is 0 Å². The summed E-state index contributed by atoms with van der Waals surface area (Å²) in [6.45, 7) is 7.07. The Morgan fingerprint density at radius 2 is 1.81 bits per heavy atom. The molecule has 1 aromatic carbocycles. The Labute approximate surface area is 186 Å². The topological polar surface area (TPSA) is 110 Å². The van der Waals surface area contributed by atoms with Crippen molar-refractivity contribution in [3.05, 3.63) is 76.4 Å². The van der Waals surface area contributed by atoms with E-state index in [9.17, 15) is 14.4 Å². The SMILES string of the molecule is CCN(CC)C(=O)c1cnc(C)nc1-c1ccc(CNC(=O)Cn2cccnc2=O)cc1. The van der Waals surface area contributed by atoms with Gasteiger partial charge in [0.05, 0.1) is 11.3 Å². The van der Waals surface area contributed by atoms with Crippen LogP contribution in [-0.4, -0.2) is 49.3 Å². The standard InChI is InChI=1S/C23H26N6O3/c1-4-28(5-2)22(31)19-14-25-16(3)27-21(19)18-9-7-17(8-10-18)13-26-20(30)15-29-12-6-11-24-23(29)32/h6-12,14H,4-5,13,15H2,1-3H3,(H,26,30). The molecule has 0 saturated carbocycles. The van der Waals surface area contributed by atoms with Gasteiger partial charge in [0.1, 0.15) is 12.4 Å². The van der Waals surface area contributed by atoms with E-state index in [-0.39, 0.29) is 18.4 Å². The summed E-state index contributed by atoms with van der Waals surface area (Å²) in [5, 5.41) is 2.79. The lowest BCUT2D eigenvalue weighted by Crippen LogP contribution is -2.32. The van der Waals surface area contributed by atoms with Gasteiger partial charge in [0.2, 0.25) is 5.91 Å². The molecule has 166 valence electrons. The van der Waals surface area contributed by atoms with E-state index in [0.29, 0.717) is 36.7 Å². The summed E-state index contributed by atoms with van der Waals surface area (Å²) in [6, 6.07) is 9.08. The third-order valence-electron chi connectivity index (χ3n) is 5.00. The normalized spacial score (nSPS) is 10.6. The van der Waals surface area contributed by atoms with Crippen LogP contribution >= 0.6 is 0 Å². The van der Waals surface area contributed by atoms with Crippen LogP contribution < -0.4 is 11.0 Å². The number of hydrogen-bond acceptors (Lipinski definition) is 6. The first kappa shape index (κ1) is 22.8. The highest BCUT2D eigenvalue weighted by Gasteiger charge is 2.19. The molecule has 32 heavy (non-hydrogen) atoms. The predicted octanol–water partition coefficient (Wildman–Crippen LogP) is 1.81. The van der Waals surface area contributed by atoms with E-state index in [2.05, 4.69) is 20.3 Å². The van der Waals surface area contributed by atoms with Crippen LogP contribution in [0, 0.1) is 6.92 Å². The number of nitrogens with one attached hydrogen (secondary N) is 1. The zero-order chi connectivity index (χ0) is 23.1. The molecular weight excluding hydrogens is 408 g/mol. The molecule has 0 aliphatic carbocycles. The molecule has 2 amide bonds. The zero-order valence-corrected chi connectivity index (χ0v) is 18.4. The molecule has 0 atom stereocenters. The van der Waals surface area contributed by atoms with Crippen molar-refractivity contribution in [3.63, 3.8) is 0 Å². The summed E-state index contributed by atoms with van der Waals surface area (Å²) in [6.07, 6.45) is 4.48. The Balaban J connectivity index is 1.72. The van der Waals surface area contributed by atoms with E-state index in [1.165, 1.54) is 17.0 Å². The molecule has 0 bridgehead atoms. The van der Waals surface area contributed by atoms with Gasteiger partial charge in [-0.2, -0.15) is 0 Å². The van der Waals surface area contributed by atoms with Gasteiger partial charge in [0, 0.05) is 43.8 Å². The van der Waals surface area contributed by atoms with Crippen molar-refractivity contribution in [1.82, 2.24) is 29.7 Å². The molecular formula is C23H26N6O3. The minimum atomic E-state index is -0.470. The third-order valence-corrected chi connectivity index (χ3v) is 5.00. The molecule has 0 aliphatic rings. The molecule has 3 aromatic rings. The maximum absolute atomic E-state index is 12.9. The Hall–Kier alpha value is -3.88. The number of benzene rings is 1. The lowest BCUT2D eigenvalue weighted by Gasteiger charge is -2.20. The smallest absolute Gasteiger partial charge is 0.347 e. The highest BCUT2D eigenvalue weighted by Crippen LogP contribution is 2.23. The number of nitrogens with zero attached hydrogens (tertiary/aromatic N) is 5. The molecule has 0 spiro atoms. The van der Waals surface area contributed by atoms with Crippen molar-refractivity contribution < 1.29 is 9.59 Å². The maximum atomic E-state index is 12.9. The Bertz CT molecular complexity index is 1150. The molecule has 3 rings (SSSR count). The second-order valence-corrected chi connectivity index (χ2v) is 7.16. The molecule has 9 heteroatoms. The van der Waals surface area contributed by atoms with E-state index in [0.717, 1.165) is 11.1 Å². The summed E-state index contributed by atoms with van der Waals surface area (Å²) >= 11 is 0. The Morgan fingerprint density at radius 3 is 2.47 bits per heavy atom. The fraction of sp³-hybridized carbons (Fsp3) is 0.304. The molecule has 0 saturated heterocycles. The van der Waals surface area contributed by atoms with Crippen molar-refractivity contribution in [2.24, 2.45) is 0 Å². The number of hydrogen-bond donors (Lipinski definition) is 1. The number of carbonyl (C=O) groups excluding carboxylic acids is 2. The number of carbonyl (C=O) groups is 2. The Kier molecular flexibility index (Phi) is 7.43. The minimum Gasteiger partial charge on any atom is -0.350 e. The first-order valence-corrected chi connectivity index (χ1v) is 10.4. The van der Waals surface area contributed by atoms with Crippen LogP contribution in [0.1, 0.15) is 35.6 Å². The van der Waals surface area contributed by atoms with E-state index < -0.39 is 5.69 Å². The van der Waals surface area contributed by atoms with Crippen molar-refractivity contribution in [2.45, 2.75) is 33.9 Å². The first-order chi connectivity index (χ1) is 15.4. The van der Waals surface area contributed by atoms with E-state index in [1.807, 2.05) is 38.1 Å². The fourth-order valence-corrected chi connectivity index (χ4v) is 3.23. The summed E-state index contributed by atoms with van der Waals surface area (Å²) in [7, 11) is 0. The summed E-state index contributed by atoms with van der Waals surface area (Å²) in [5.41, 5.74) is 2.25. The summed E-state index contributed by atoms with van der Waals surface area (Å²) < 4.78 is 1.24. The number of aromatic nitrogens is 4. The molecule has 9 nitrogen and oxygen atoms in total. The van der Waals surface area contributed by atoms with Crippen LogP contribution in [0.25, 0.3) is 11.3 Å². The summed E-state index contributed by atoms with van der Waals surface area (Å²) in [5.74, 6) is 0.188. The minimum absolute atomic E-state index is 0.0954. The van der Waals surface area contributed by atoms with Gasteiger partial charge in [-0.05, 0) is 32.4 Å². The van der Waals surface area contributed by atoms with Crippen LogP contribution in [0.3, 0.4) is 0 Å². The molecule has 0 fully saturated rings. The largest absolute Gasteiger partial charge is 0.350 e. The van der Waals surface area contributed by atoms with Gasteiger partial charge in [0.25, 0.3) is 5.91 Å². The van der Waals surface area contributed by atoms with Crippen molar-refractivity contribution >= 4 is 11.8 Å². The van der Waals surface area contributed by atoms with Crippen molar-refractivity contribution in [1.29, 1.82) is 0 Å². The molecule has 2 heterocycles. The fourth-order valence-electron chi connectivity index (χ4n) is 3.23. The molecule has 0 unspecified atom stereocenters. The first-order valence-electron chi connectivity index (χ1n) is 10.4. The monoisotopic (exact) mass is 434 g/mol. The lowest BCUT2D eigenvalue weighted by atomic mass is 10.0. The summed E-state index contributed by atoms with van der Waals surface area (Å²) in [4.78, 5) is 50.7. The van der Waals surface area contributed by atoms with E-state index in [1.54, 1.807) is 24.1 Å². The van der Waals surface area contributed by atoms with Crippen molar-refractivity contribution in [3.8, 4) is 11.3 Å². The Morgan fingerprint density at radius 1 is 1.09 bits per heavy atom. The average Bonchev–Trinajstić information content (AvgIpc) is 2.80. The highest BCUT2D eigenvalue weighted by molar-refractivity contribution is 5.99. The van der Waals surface area contributed by atoms with Crippen LogP contribution in [0.15, 0.2) is 53.7 Å². The average molecular weight is 435 g/mol. The van der Waals surface area contributed by atoms with Crippen molar-refractivity contribution in [2.75, 3.05) is 13.1 Å². The van der Waals surface area contributed by atoms with Gasteiger partial charge < -0.3 is 10.2 Å². The van der Waals surface area contributed by atoms with Gasteiger partial charge in [-0.25, -0.2) is 19.7 Å². The van der Waals surface area contributed by atoms with Gasteiger partial charge in [-0.1, -0.05) is 24.3 Å². The molecule has 0 aliphatic heterocycles. The number of amides is 2. The van der Waals surface area contributed by atoms with Crippen LogP contribution in [-0.2, 0) is 17.9 Å². The third kappa shape index (κ3) is 5.42. The van der Waals surface area contributed by atoms with Gasteiger partial charge in [-0.3, -0.25) is 14.2 Å². The van der Waals surface area contributed by atoms with Gasteiger partial charge >= 0.3 is 5.69 Å². The predicted molar refractivity (Wildman–Crippen MR) is 120 cm³/mol. The molecule has 0 radical (unpaired) electrons. The van der Waals surface area contributed by atoms with Gasteiger partial charge in [-0.15, -0.1) is 0 Å². The molecule has 1 N–H and O–H groups in total. The van der Waals surface area contributed by atoms with E-state index >= 15 is 0 Å². The highest BCUT2D eigenvalue weighted by atomic mass is 16.2. The second-order valence-electron chi connectivity index (χ2n) is 7.16. The molecule has 2 aromatic heterocycles. The van der Waals surface area contributed by atoms with E-state index in [4.69, 9.17) is 0 Å². The number of aryl methyl sites for hydroxylation is 1. The van der Waals surface area contributed by atoms with Crippen LogP contribution in [0.4, 0.5) is 0 Å². The second kappa shape index (κ2) is 10.4. The lowest BCUT2D eigenvalue weighted by molar-refractivity contribution is -0.121. The zero-order valence-electron chi connectivity index (χ0n) is 18.4. The maximum Gasteiger partial charge on any atom is 0.347 e.